The second-order valence-electron chi connectivity index (χ2n) is 2.48. The van der Waals surface area contributed by atoms with E-state index >= 15 is 0 Å². The second kappa shape index (κ2) is 4.58. The third kappa shape index (κ3) is 2.37. The number of benzene rings is 1. The molecule has 0 spiro atoms. The summed E-state index contributed by atoms with van der Waals surface area (Å²) >= 11 is 22.5. The predicted molar refractivity (Wildman–Crippen MR) is 58.4 cm³/mol. The maximum atomic E-state index is 11.2. The molecule has 0 atom stereocenters. The maximum Gasteiger partial charge on any atom is 0.377 e. The Morgan fingerprint density at radius 3 is 2.00 bits per heavy atom. The Bertz CT molecular complexity index is 456. The number of carboxylic acids is 1. The van der Waals surface area contributed by atoms with E-state index < -0.39 is 11.8 Å². The number of carboxylic acid groups (broad SMARTS) is 1. The van der Waals surface area contributed by atoms with Crippen molar-refractivity contribution in [3.8, 4) is 0 Å². The minimum Gasteiger partial charge on any atom is -0.475 e. The molecular weight excluding hydrogens is 286 g/mol. The molecule has 0 saturated heterocycles. The standard InChI is InChI=1S/C8H2Cl4O3/c9-2-1-3(10)5(11)6(12)4(2)7(13)8(14)15/h1H,(H,14,15). The molecular formula is C8H2Cl4O3. The molecule has 1 aromatic rings. The van der Waals surface area contributed by atoms with Gasteiger partial charge < -0.3 is 5.11 Å². The first kappa shape index (κ1) is 12.6. The first-order chi connectivity index (χ1) is 6.86. The highest BCUT2D eigenvalue weighted by Crippen LogP contribution is 2.37. The van der Waals surface area contributed by atoms with Gasteiger partial charge in [-0.3, -0.25) is 4.79 Å². The van der Waals surface area contributed by atoms with Crippen LogP contribution in [0.3, 0.4) is 0 Å². The molecule has 1 N–H and O–H groups in total. The van der Waals surface area contributed by atoms with Crippen LogP contribution >= 0.6 is 46.4 Å². The third-order valence-corrected chi connectivity index (χ3v) is 3.10. The predicted octanol–water partition coefficient (Wildman–Crippen LogP) is 3.57. The van der Waals surface area contributed by atoms with E-state index in [1.807, 2.05) is 0 Å². The highest BCUT2D eigenvalue weighted by molar-refractivity contribution is 6.54. The molecule has 0 saturated carbocycles. The summed E-state index contributed by atoms with van der Waals surface area (Å²) in [5, 5.41) is 8.03. The summed E-state index contributed by atoms with van der Waals surface area (Å²) in [5.74, 6) is -2.90. The zero-order valence-corrected chi connectivity index (χ0v) is 9.88. The van der Waals surface area contributed by atoms with Crippen LogP contribution in [0, 0.1) is 0 Å². The second-order valence-corrected chi connectivity index (χ2v) is 4.05. The highest BCUT2D eigenvalue weighted by Gasteiger charge is 2.24. The zero-order chi connectivity index (χ0) is 11.7. The summed E-state index contributed by atoms with van der Waals surface area (Å²) < 4.78 is 0. The van der Waals surface area contributed by atoms with E-state index in [4.69, 9.17) is 51.5 Å². The Morgan fingerprint density at radius 1 is 1.00 bits per heavy atom. The fourth-order valence-electron chi connectivity index (χ4n) is 0.881. The lowest BCUT2D eigenvalue weighted by Crippen LogP contribution is -2.14. The van der Waals surface area contributed by atoms with Crippen molar-refractivity contribution in [3.05, 3.63) is 31.7 Å². The van der Waals surface area contributed by atoms with Gasteiger partial charge in [0.1, 0.15) is 0 Å². The first-order valence-electron chi connectivity index (χ1n) is 3.47. The van der Waals surface area contributed by atoms with E-state index in [1.54, 1.807) is 0 Å². The summed E-state index contributed by atoms with van der Waals surface area (Å²) in [5.41, 5.74) is -0.361. The van der Waals surface area contributed by atoms with Gasteiger partial charge in [0.05, 0.1) is 25.7 Å². The van der Waals surface area contributed by atoms with E-state index in [-0.39, 0.29) is 25.7 Å². The molecule has 0 heterocycles. The quantitative estimate of drug-likeness (QED) is 0.392. The molecule has 15 heavy (non-hydrogen) atoms. The van der Waals surface area contributed by atoms with Gasteiger partial charge in [0, 0.05) is 0 Å². The number of carbonyl (C=O) groups is 2. The number of hydrogen-bond donors (Lipinski definition) is 1. The van der Waals surface area contributed by atoms with Crippen LogP contribution in [0.5, 0.6) is 0 Å². The highest BCUT2D eigenvalue weighted by atomic mass is 35.5. The van der Waals surface area contributed by atoms with Crippen LogP contribution in [-0.2, 0) is 4.79 Å². The molecule has 80 valence electrons. The fourth-order valence-corrected chi connectivity index (χ4v) is 1.97. The smallest absolute Gasteiger partial charge is 0.377 e. The van der Waals surface area contributed by atoms with Crippen molar-refractivity contribution >= 4 is 58.2 Å². The Hall–Kier alpha value is -0.480. The largest absolute Gasteiger partial charge is 0.475 e. The van der Waals surface area contributed by atoms with Crippen LogP contribution in [0.15, 0.2) is 6.07 Å². The lowest BCUT2D eigenvalue weighted by Gasteiger charge is -2.06. The number of hydrogen-bond acceptors (Lipinski definition) is 2. The molecule has 0 unspecified atom stereocenters. The Morgan fingerprint density at radius 2 is 1.53 bits per heavy atom. The molecule has 7 heteroatoms. The van der Waals surface area contributed by atoms with Gasteiger partial charge in [-0.1, -0.05) is 46.4 Å². The van der Waals surface area contributed by atoms with Crippen LogP contribution in [-0.4, -0.2) is 16.9 Å². The third-order valence-electron chi connectivity index (χ3n) is 1.54. The van der Waals surface area contributed by atoms with Gasteiger partial charge in [-0.2, -0.15) is 0 Å². The van der Waals surface area contributed by atoms with E-state index in [0.29, 0.717) is 0 Å². The van der Waals surface area contributed by atoms with Crippen molar-refractivity contribution in [2.45, 2.75) is 0 Å². The Kier molecular flexibility index (Phi) is 3.84. The van der Waals surface area contributed by atoms with Crippen molar-refractivity contribution in [1.82, 2.24) is 0 Å². The SMILES string of the molecule is O=C(O)C(=O)c1c(Cl)cc(Cl)c(Cl)c1Cl. The lowest BCUT2D eigenvalue weighted by molar-refractivity contribution is -0.131. The van der Waals surface area contributed by atoms with E-state index in [9.17, 15) is 9.59 Å². The molecule has 0 aliphatic carbocycles. The molecule has 0 bridgehead atoms. The average Bonchev–Trinajstić information content (AvgIpc) is 2.14. The fraction of sp³-hybridized carbons (Fsp3) is 0. The topological polar surface area (TPSA) is 54.4 Å². The molecule has 0 aromatic heterocycles. The number of Topliss-reactive ketones (excluding diaryl/α,β-unsaturated/α-hetero) is 1. The minimum atomic E-state index is -1.67. The number of halogens is 4. The van der Waals surface area contributed by atoms with Crippen LogP contribution in [0.2, 0.25) is 20.1 Å². The van der Waals surface area contributed by atoms with E-state index in [2.05, 4.69) is 0 Å². The van der Waals surface area contributed by atoms with Crippen LogP contribution in [0.25, 0.3) is 0 Å². The normalized spacial score (nSPS) is 10.1. The summed E-state index contributed by atoms with van der Waals surface area (Å²) in [7, 11) is 0. The van der Waals surface area contributed by atoms with Crippen LogP contribution in [0.1, 0.15) is 10.4 Å². The molecule has 3 nitrogen and oxygen atoms in total. The van der Waals surface area contributed by atoms with Crippen molar-refractivity contribution in [3.63, 3.8) is 0 Å². The lowest BCUT2D eigenvalue weighted by atomic mass is 10.1. The van der Waals surface area contributed by atoms with Gasteiger partial charge in [-0.05, 0) is 6.07 Å². The molecule has 0 aliphatic heterocycles. The molecule has 0 radical (unpaired) electrons. The van der Waals surface area contributed by atoms with Crippen LogP contribution in [0.4, 0.5) is 0 Å². The van der Waals surface area contributed by atoms with Crippen molar-refractivity contribution < 1.29 is 14.7 Å². The van der Waals surface area contributed by atoms with Gasteiger partial charge in [-0.15, -0.1) is 0 Å². The monoisotopic (exact) mass is 286 g/mol. The molecule has 0 fully saturated rings. The Balaban J connectivity index is 3.49. The summed E-state index contributed by atoms with van der Waals surface area (Å²) in [6, 6.07) is 1.16. The maximum absolute atomic E-state index is 11.2. The number of ketones is 1. The van der Waals surface area contributed by atoms with E-state index in [1.165, 1.54) is 0 Å². The molecule has 1 aromatic carbocycles. The number of aliphatic carboxylic acids is 1. The first-order valence-corrected chi connectivity index (χ1v) is 4.98. The van der Waals surface area contributed by atoms with Gasteiger partial charge >= 0.3 is 5.97 Å². The van der Waals surface area contributed by atoms with Gasteiger partial charge in [0.25, 0.3) is 5.78 Å². The zero-order valence-electron chi connectivity index (χ0n) is 6.85. The van der Waals surface area contributed by atoms with E-state index in [0.717, 1.165) is 6.07 Å². The summed E-state index contributed by atoms with van der Waals surface area (Å²) in [4.78, 5) is 21.6. The summed E-state index contributed by atoms with van der Waals surface area (Å²) in [6.45, 7) is 0. The number of rotatable bonds is 2. The molecule has 0 amide bonds. The van der Waals surface area contributed by atoms with Crippen molar-refractivity contribution in [2.75, 3.05) is 0 Å². The van der Waals surface area contributed by atoms with Crippen molar-refractivity contribution in [2.24, 2.45) is 0 Å². The summed E-state index contributed by atoms with van der Waals surface area (Å²) in [6.07, 6.45) is 0. The average molecular weight is 288 g/mol. The number of carbonyl (C=O) groups excluding carboxylic acids is 1. The van der Waals surface area contributed by atoms with Gasteiger partial charge in [0.15, 0.2) is 0 Å². The minimum absolute atomic E-state index is 0.0496. The Labute approximate surface area is 104 Å². The van der Waals surface area contributed by atoms with Crippen molar-refractivity contribution in [1.29, 1.82) is 0 Å². The van der Waals surface area contributed by atoms with Gasteiger partial charge in [0.2, 0.25) is 0 Å². The molecule has 0 aliphatic rings. The van der Waals surface area contributed by atoms with Gasteiger partial charge in [-0.25, -0.2) is 4.79 Å². The van der Waals surface area contributed by atoms with Crippen LogP contribution < -0.4 is 0 Å². The molecule has 1 rings (SSSR count).